The molecule has 1 aliphatic rings. The van der Waals surface area contributed by atoms with E-state index >= 15 is 0 Å². The number of unbranched alkanes of at least 4 members (excludes halogenated alkanes) is 1. The summed E-state index contributed by atoms with van der Waals surface area (Å²) in [6, 6.07) is 17.4. The van der Waals surface area contributed by atoms with Crippen molar-refractivity contribution in [3.63, 3.8) is 0 Å². The Bertz CT molecular complexity index is 867. The van der Waals surface area contributed by atoms with Crippen molar-refractivity contribution >= 4 is 35.0 Å². The molecule has 0 unspecified atom stereocenters. The smallest absolute Gasteiger partial charge is 0.272 e. The number of nitrogens with zero attached hydrogens (tertiary/aromatic N) is 2. The zero-order valence-electron chi connectivity index (χ0n) is 16.2. The van der Waals surface area contributed by atoms with Crippen LogP contribution in [0.1, 0.15) is 30.4 Å². The van der Waals surface area contributed by atoms with Crippen LogP contribution in [-0.2, 0) is 9.59 Å². The molecule has 0 bridgehead atoms. The fourth-order valence-corrected chi connectivity index (χ4v) is 3.69. The largest absolute Gasteiger partial charge is 0.327 e. The maximum Gasteiger partial charge on any atom is 0.272 e. The van der Waals surface area contributed by atoms with Gasteiger partial charge >= 0.3 is 0 Å². The fourth-order valence-electron chi connectivity index (χ4n) is 3.20. The Morgan fingerprint density at radius 1 is 1.11 bits per heavy atom. The molecule has 1 N–H and O–H groups in total. The summed E-state index contributed by atoms with van der Waals surface area (Å²) in [5, 5.41) is 2.83. The van der Waals surface area contributed by atoms with Gasteiger partial charge in [0.1, 0.15) is 0 Å². The first-order chi connectivity index (χ1) is 13.6. The third-order valence-electron chi connectivity index (χ3n) is 4.69. The molecule has 5 nitrogen and oxygen atoms in total. The number of hydrogen-bond donors (Lipinski definition) is 1. The van der Waals surface area contributed by atoms with Crippen LogP contribution in [0.2, 0.25) is 0 Å². The van der Waals surface area contributed by atoms with Gasteiger partial charge in [-0.2, -0.15) is 11.8 Å². The lowest BCUT2D eigenvalue weighted by molar-refractivity contribution is -0.127. The maximum atomic E-state index is 13.0. The van der Waals surface area contributed by atoms with Gasteiger partial charge < -0.3 is 10.2 Å². The molecule has 3 rings (SSSR count). The Balaban J connectivity index is 1.91. The number of fused-ring (bicyclic) bond motifs is 1. The van der Waals surface area contributed by atoms with Crippen LogP contribution in [0, 0.1) is 0 Å². The molecule has 6 heteroatoms. The highest BCUT2D eigenvalue weighted by molar-refractivity contribution is 7.98. The van der Waals surface area contributed by atoms with Gasteiger partial charge in [0.15, 0.2) is 0 Å². The summed E-state index contributed by atoms with van der Waals surface area (Å²) in [7, 11) is 1.72. The van der Waals surface area contributed by atoms with E-state index in [4.69, 9.17) is 4.99 Å². The number of rotatable bonds is 7. The molecule has 0 saturated heterocycles. The molecular formula is C22H25N3O2S. The number of para-hydroxylation sites is 1. The number of thioether (sulfide) groups is 1. The maximum absolute atomic E-state index is 13.0. The number of hydrogen-bond acceptors (Lipinski definition) is 4. The second kappa shape index (κ2) is 9.55. The molecule has 1 heterocycles. The van der Waals surface area contributed by atoms with Crippen LogP contribution in [0.15, 0.2) is 59.6 Å². The van der Waals surface area contributed by atoms with Crippen LogP contribution in [0.4, 0.5) is 5.69 Å². The zero-order valence-corrected chi connectivity index (χ0v) is 17.0. The monoisotopic (exact) mass is 395 g/mol. The number of benzene rings is 2. The van der Waals surface area contributed by atoms with E-state index in [1.807, 2.05) is 54.6 Å². The minimum absolute atomic E-state index is 0.144. The zero-order chi connectivity index (χ0) is 19.9. The summed E-state index contributed by atoms with van der Waals surface area (Å²) in [5.41, 5.74) is 3.28. The van der Waals surface area contributed by atoms with Gasteiger partial charge in [-0.15, -0.1) is 0 Å². The van der Waals surface area contributed by atoms with E-state index in [1.54, 1.807) is 23.7 Å². The van der Waals surface area contributed by atoms with Crippen molar-refractivity contribution in [2.45, 2.75) is 25.4 Å². The molecule has 2 aromatic rings. The minimum atomic E-state index is -0.930. The number of benzodiazepines with no additional fused rings is 1. The van der Waals surface area contributed by atoms with E-state index < -0.39 is 6.17 Å². The average Bonchev–Trinajstić information content (AvgIpc) is 2.83. The third-order valence-corrected chi connectivity index (χ3v) is 5.39. The van der Waals surface area contributed by atoms with Crippen molar-refractivity contribution in [3.8, 4) is 0 Å². The van der Waals surface area contributed by atoms with E-state index in [1.165, 1.54) is 0 Å². The van der Waals surface area contributed by atoms with Crippen LogP contribution in [0.25, 0.3) is 0 Å². The number of amides is 2. The predicted molar refractivity (Wildman–Crippen MR) is 116 cm³/mol. The SMILES string of the molecule is CSCCCCC(=O)N[C@@H]1N=C(c2ccccc2)c2ccccc2N(C)C1=O. The topological polar surface area (TPSA) is 61.8 Å². The van der Waals surface area contributed by atoms with Crippen molar-refractivity contribution in [3.05, 3.63) is 65.7 Å². The number of nitrogens with one attached hydrogen (secondary N) is 1. The van der Waals surface area contributed by atoms with E-state index in [2.05, 4.69) is 11.6 Å². The second-order valence-electron chi connectivity index (χ2n) is 6.68. The highest BCUT2D eigenvalue weighted by Crippen LogP contribution is 2.27. The Labute approximate surface area is 170 Å². The second-order valence-corrected chi connectivity index (χ2v) is 7.66. The third kappa shape index (κ3) is 4.62. The number of anilines is 1. The van der Waals surface area contributed by atoms with Crippen molar-refractivity contribution in [1.82, 2.24) is 5.32 Å². The Morgan fingerprint density at radius 2 is 1.82 bits per heavy atom. The van der Waals surface area contributed by atoms with E-state index in [0.717, 1.165) is 35.4 Å². The molecule has 1 aliphatic heterocycles. The molecule has 28 heavy (non-hydrogen) atoms. The molecule has 0 radical (unpaired) electrons. The number of likely N-dealkylation sites (N-methyl/N-ethyl adjacent to an activating group) is 1. The van der Waals surface area contributed by atoms with Gasteiger partial charge in [-0.3, -0.25) is 9.59 Å². The molecule has 2 amide bonds. The highest BCUT2D eigenvalue weighted by Gasteiger charge is 2.30. The lowest BCUT2D eigenvalue weighted by Gasteiger charge is -2.20. The van der Waals surface area contributed by atoms with Crippen LogP contribution in [-0.4, -0.2) is 42.7 Å². The highest BCUT2D eigenvalue weighted by atomic mass is 32.2. The normalized spacial score (nSPS) is 16.2. The van der Waals surface area contributed by atoms with Crippen molar-refractivity contribution in [2.75, 3.05) is 24.0 Å². The van der Waals surface area contributed by atoms with Gasteiger partial charge in [0.25, 0.3) is 5.91 Å². The number of carbonyl (C=O) groups excluding carboxylic acids is 2. The lowest BCUT2D eigenvalue weighted by atomic mass is 10.0. The molecule has 2 aromatic carbocycles. The van der Waals surface area contributed by atoms with Crippen LogP contribution in [0.3, 0.4) is 0 Å². The molecule has 146 valence electrons. The first-order valence-electron chi connectivity index (χ1n) is 9.40. The van der Waals surface area contributed by atoms with Crippen molar-refractivity contribution in [1.29, 1.82) is 0 Å². The lowest BCUT2D eigenvalue weighted by Crippen LogP contribution is -2.46. The van der Waals surface area contributed by atoms with E-state index in [-0.39, 0.29) is 11.8 Å². The first kappa shape index (κ1) is 20.1. The van der Waals surface area contributed by atoms with Gasteiger partial charge in [0, 0.05) is 24.6 Å². The summed E-state index contributed by atoms with van der Waals surface area (Å²) < 4.78 is 0. The number of aliphatic imine (C=N–C) groups is 1. The van der Waals surface area contributed by atoms with Gasteiger partial charge in [-0.25, -0.2) is 4.99 Å². The molecule has 0 aromatic heterocycles. The van der Waals surface area contributed by atoms with E-state index in [9.17, 15) is 9.59 Å². The van der Waals surface area contributed by atoms with Gasteiger partial charge in [0.05, 0.1) is 11.4 Å². The fraction of sp³-hybridized carbons (Fsp3) is 0.318. The summed E-state index contributed by atoms with van der Waals surface area (Å²) >= 11 is 1.77. The molecule has 0 fully saturated rings. The summed E-state index contributed by atoms with van der Waals surface area (Å²) in [6.07, 6.45) is 3.31. The number of carbonyl (C=O) groups is 2. The molecule has 1 atom stereocenters. The quantitative estimate of drug-likeness (QED) is 0.730. The van der Waals surface area contributed by atoms with Crippen LogP contribution >= 0.6 is 11.8 Å². The molecule has 0 aliphatic carbocycles. The molecular weight excluding hydrogens is 370 g/mol. The minimum Gasteiger partial charge on any atom is -0.327 e. The summed E-state index contributed by atoms with van der Waals surface area (Å²) in [6.45, 7) is 0. The molecule has 0 saturated carbocycles. The standard InChI is InChI=1S/C22H25N3O2S/c1-25-18-13-7-6-12-17(18)20(16-10-4-3-5-11-16)24-21(22(25)27)23-19(26)14-8-9-15-28-2/h3-7,10-13,21H,8-9,14-15H2,1-2H3,(H,23,26)/t21-/m1/s1. The van der Waals surface area contributed by atoms with Crippen molar-refractivity contribution < 1.29 is 9.59 Å². The van der Waals surface area contributed by atoms with Crippen molar-refractivity contribution in [2.24, 2.45) is 4.99 Å². The van der Waals surface area contributed by atoms with Gasteiger partial charge in [0.2, 0.25) is 12.1 Å². The predicted octanol–water partition coefficient (Wildman–Crippen LogP) is 3.48. The Hall–Kier alpha value is -2.60. The average molecular weight is 396 g/mol. The summed E-state index contributed by atoms with van der Waals surface area (Å²) in [4.78, 5) is 31.7. The van der Waals surface area contributed by atoms with Crippen LogP contribution in [0.5, 0.6) is 0 Å². The summed E-state index contributed by atoms with van der Waals surface area (Å²) in [5.74, 6) is 0.648. The van der Waals surface area contributed by atoms with Gasteiger partial charge in [-0.05, 0) is 30.9 Å². The Morgan fingerprint density at radius 3 is 2.57 bits per heavy atom. The first-order valence-corrected chi connectivity index (χ1v) is 10.8. The Kier molecular flexibility index (Phi) is 6.87. The molecule has 0 spiro atoms. The van der Waals surface area contributed by atoms with Crippen LogP contribution < -0.4 is 10.2 Å². The van der Waals surface area contributed by atoms with E-state index in [0.29, 0.717) is 12.1 Å². The van der Waals surface area contributed by atoms with Gasteiger partial charge in [-0.1, -0.05) is 48.5 Å².